The number of unbranched alkanes of at least 4 members (excludes halogenated alkanes) is 2. The van der Waals surface area contributed by atoms with E-state index in [1.54, 1.807) is 0 Å². The zero-order valence-corrected chi connectivity index (χ0v) is 18.6. The van der Waals surface area contributed by atoms with Gasteiger partial charge in [-0.15, -0.1) is 0 Å². The van der Waals surface area contributed by atoms with Crippen LogP contribution in [0, 0.1) is 5.82 Å². The van der Waals surface area contributed by atoms with Crippen LogP contribution in [-0.4, -0.2) is 27.0 Å². The summed E-state index contributed by atoms with van der Waals surface area (Å²) in [4.78, 5) is 20.6. The fourth-order valence-corrected chi connectivity index (χ4v) is 3.65. The van der Waals surface area contributed by atoms with E-state index >= 15 is 0 Å². The molecule has 2 aromatic carbocycles. The Bertz CT molecular complexity index is 1280. The average Bonchev–Trinajstić information content (AvgIpc) is 3.25. The Hall–Kier alpha value is -3.95. The van der Waals surface area contributed by atoms with E-state index in [0.717, 1.165) is 42.4 Å². The van der Waals surface area contributed by atoms with Gasteiger partial charge in [0.2, 0.25) is 0 Å². The molecular weight excluding hydrogens is 462 g/mol. The van der Waals surface area contributed by atoms with Gasteiger partial charge in [-0.2, -0.15) is 13.2 Å². The molecular formula is C25H23F4N5O. The summed E-state index contributed by atoms with van der Waals surface area (Å²) in [6.07, 6.45) is 1.46. The summed E-state index contributed by atoms with van der Waals surface area (Å²) in [6.45, 7) is 1.23. The third-order valence-corrected chi connectivity index (χ3v) is 5.50. The molecule has 0 saturated heterocycles. The highest BCUT2D eigenvalue weighted by molar-refractivity contribution is 5.94. The SMILES string of the molecule is O=C(NCCCCCn1ccc2c(Nc3ccc(C(F)(F)F)cc3)ncnc21)c1ccc(F)cc1. The monoisotopic (exact) mass is 485 g/mol. The molecule has 0 fully saturated rings. The fourth-order valence-electron chi connectivity index (χ4n) is 3.65. The van der Waals surface area contributed by atoms with Crippen LogP contribution in [0.3, 0.4) is 0 Å². The van der Waals surface area contributed by atoms with Crippen LogP contribution >= 0.6 is 0 Å². The minimum absolute atomic E-state index is 0.230. The zero-order chi connectivity index (χ0) is 24.8. The smallest absolute Gasteiger partial charge is 0.352 e. The van der Waals surface area contributed by atoms with E-state index in [1.165, 1.54) is 42.7 Å². The second kappa shape index (κ2) is 10.5. The summed E-state index contributed by atoms with van der Waals surface area (Å²) in [5.41, 5.74) is 0.926. The van der Waals surface area contributed by atoms with Crippen molar-refractivity contribution < 1.29 is 22.4 Å². The standard InChI is InChI=1S/C25H23F4N5O/c26-19-8-4-17(5-9-19)24(35)30-13-2-1-3-14-34-15-12-21-22(31-16-32-23(21)34)33-20-10-6-18(7-11-20)25(27,28)29/h4-12,15-16H,1-3,13-14H2,(H,30,35)(H,31,32,33). The number of nitrogens with zero attached hydrogens (tertiary/aromatic N) is 3. The zero-order valence-electron chi connectivity index (χ0n) is 18.6. The van der Waals surface area contributed by atoms with Crippen molar-refractivity contribution in [3.63, 3.8) is 0 Å². The minimum Gasteiger partial charge on any atom is -0.352 e. The number of carbonyl (C=O) groups excluding carboxylic acids is 1. The second-order valence-corrected chi connectivity index (χ2v) is 7.99. The van der Waals surface area contributed by atoms with E-state index in [9.17, 15) is 22.4 Å². The molecule has 0 aliphatic carbocycles. The first-order valence-corrected chi connectivity index (χ1v) is 11.1. The van der Waals surface area contributed by atoms with Gasteiger partial charge in [-0.3, -0.25) is 4.79 Å². The first-order valence-electron chi connectivity index (χ1n) is 11.1. The van der Waals surface area contributed by atoms with Crippen LogP contribution in [0.5, 0.6) is 0 Å². The molecule has 10 heteroatoms. The first-order chi connectivity index (χ1) is 16.8. The van der Waals surface area contributed by atoms with Crippen molar-refractivity contribution in [3.8, 4) is 0 Å². The van der Waals surface area contributed by atoms with E-state index in [2.05, 4.69) is 20.6 Å². The average molecular weight is 485 g/mol. The molecule has 0 saturated carbocycles. The number of hydrogen-bond acceptors (Lipinski definition) is 4. The number of carbonyl (C=O) groups is 1. The Morgan fingerprint density at radius 3 is 2.37 bits per heavy atom. The minimum atomic E-state index is -4.38. The number of benzene rings is 2. The number of nitrogens with one attached hydrogen (secondary N) is 2. The maximum absolute atomic E-state index is 12.9. The Labute approximate surface area is 199 Å². The maximum Gasteiger partial charge on any atom is 0.416 e. The molecule has 0 bridgehead atoms. The molecule has 4 rings (SSSR count). The Kier molecular flexibility index (Phi) is 7.28. The van der Waals surface area contributed by atoms with Crippen LogP contribution in [0.25, 0.3) is 11.0 Å². The van der Waals surface area contributed by atoms with E-state index in [1.807, 2.05) is 16.8 Å². The molecule has 0 atom stereocenters. The van der Waals surface area contributed by atoms with Crippen LogP contribution in [0.1, 0.15) is 35.2 Å². The summed E-state index contributed by atoms with van der Waals surface area (Å²) in [5, 5.41) is 6.64. The molecule has 2 heterocycles. The lowest BCUT2D eigenvalue weighted by atomic mass is 10.2. The van der Waals surface area contributed by atoms with Crippen LogP contribution in [0.4, 0.5) is 29.1 Å². The summed E-state index contributed by atoms with van der Waals surface area (Å²) in [6, 6.07) is 12.0. The molecule has 6 nitrogen and oxygen atoms in total. The number of aromatic nitrogens is 3. The Morgan fingerprint density at radius 2 is 1.66 bits per heavy atom. The summed E-state index contributed by atoms with van der Waals surface area (Å²) < 4.78 is 53.3. The van der Waals surface area contributed by atoms with Crippen LogP contribution in [0.15, 0.2) is 67.1 Å². The normalized spacial score (nSPS) is 11.5. The number of anilines is 2. The summed E-state index contributed by atoms with van der Waals surface area (Å²) in [5.74, 6) is -0.102. The van der Waals surface area contributed by atoms with Gasteiger partial charge in [0, 0.05) is 30.5 Å². The van der Waals surface area contributed by atoms with Gasteiger partial charge < -0.3 is 15.2 Å². The number of fused-ring (bicyclic) bond motifs is 1. The van der Waals surface area contributed by atoms with Gasteiger partial charge in [-0.1, -0.05) is 0 Å². The predicted octanol–water partition coefficient (Wildman–Crippen LogP) is 5.93. The van der Waals surface area contributed by atoms with Crippen molar-refractivity contribution in [1.29, 1.82) is 0 Å². The summed E-state index contributed by atoms with van der Waals surface area (Å²) >= 11 is 0. The Balaban J connectivity index is 1.28. The predicted molar refractivity (Wildman–Crippen MR) is 125 cm³/mol. The van der Waals surface area contributed by atoms with Crippen LogP contribution in [0.2, 0.25) is 0 Å². The third kappa shape index (κ3) is 6.14. The van der Waals surface area contributed by atoms with Gasteiger partial charge in [-0.25, -0.2) is 14.4 Å². The van der Waals surface area contributed by atoms with Crippen LogP contribution in [-0.2, 0) is 12.7 Å². The number of alkyl halides is 3. The van der Waals surface area contributed by atoms with Crippen molar-refractivity contribution in [1.82, 2.24) is 19.9 Å². The fraction of sp³-hybridized carbons (Fsp3) is 0.240. The molecule has 4 aromatic rings. The highest BCUT2D eigenvalue weighted by atomic mass is 19.4. The van der Waals surface area contributed by atoms with Gasteiger partial charge in [0.05, 0.1) is 10.9 Å². The van der Waals surface area contributed by atoms with E-state index in [-0.39, 0.29) is 11.7 Å². The molecule has 1 amide bonds. The largest absolute Gasteiger partial charge is 0.416 e. The van der Waals surface area contributed by atoms with E-state index < -0.39 is 11.7 Å². The maximum atomic E-state index is 12.9. The molecule has 0 aliphatic heterocycles. The highest BCUT2D eigenvalue weighted by Crippen LogP contribution is 2.31. The molecule has 182 valence electrons. The topological polar surface area (TPSA) is 71.8 Å². The van der Waals surface area contributed by atoms with Gasteiger partial charge in [0.1, 0.15) is 23.6 Å². The molecule has 0 unspecified atom stereocenters. The molecule has 2 N–H and O–H groups in total. The van der Waals surface area contributed by atoms with Crippen LogP contribution < -0.4 is 10.6 Å². The molecule has 0 spiro atoms. The number of amides is 1. The van der Waals surface area contributed by atoms with Gasteiger partial charge in [0.15, 0.2) is 0 Å². The molecule has 0 radical (unpaired) electrons. The van der Waals surface area contributed by atoms with Crippen molar-refractivity contribution in [2.75, 3.05) is 11.9 Å². The van der Waals surface area contributed by atoms with Gasteiger partial charge in [-0.05, 0) is 73.9 Å². The van der Waals surface area contributed by atoms with Gasteiger partial charge in [0.25, 0.3) is 5.91 Å². The van der Waals surface area contributed by atoms with E-state index in [0.29, 0.717) is 30.2 Å². The van der Waals surface area contributed by atoms with Crippen molar-refractivity contribution in [2.24, 2.45) is 0 Å². The third-order valence-electron chi connectivity index (χ3n) is 5.50. The lowest BCUT2D eigenvalue weighted by Crippen LogP contribution is -2.24. The van der Waals surface area contributed by atoms with E-state index in [4.69, 9.17) is 0 Å². The number of halogens is 4. The number of hydrogen-bond donors (Lipinski definition) is 2. The molecule has 35 heavy (non-hydrogen) atoms. The number of rotatable bonds is 9. The summed E-state index contributed by atoms with van der Waals surface area (Å²) in [7, 11) is 0. The quantitative estimate of drug-likeness (QED) is 0.228. The molecule has 2 aromatic heterocycles. The van der Waals surface area contributed by atoms with Crippen molar-refractivity contribution in [3.05, 3.63) is 84.1 Å². The highest BCUT2D eigenvalue weighted by Gasteiger charge is 2.30. The van der Waals surface area contributed by atoms with Gasteiger partial charge >= 0.3 is 6.18 Å². The Morgan fingerprint density at radius 1 is 0.914 bits per heavy atom. The lowest BCUT2D eigenvalue weighted by molar-refractivity contribution is -0.137. The second-order valence-electron chi connectivity index (χ2n) is 7.99. The molecule has 0 aliphatic rings. The lowest BCUT2D eigenvalue weighted by Gasteiger charge is -2.10. The van der Waals surface area contributed by atoms with Crippen molar-refractivity contribution in [2.45, 2.75) is 32.0 Å². The number of aryl methyl sites for hydroxylation is 1. The first kappa shape index (κ1) is 24.2. The van der Waals surface area contributed by atoms with Crippen molar-refractivity contribution >= 4 is 28.4 Å².